The van der Waals surface area contributed by atoms with E-state index in [-0.39, 0.29) is 18.2 Å². The average molecular weight is 287 g/mol. The summed E-state index contributed by atoms with van der Waals surface area (Å²) < 4.78 is 5.61. The number of carbonyl (C=O) groups excluding carboxylic acids is 1. The third-order valence-corrected chi connectivity index (χ3v) is 3.60. The van der Waals surface area contributed by atoms with Crippen molar-refractivity contribution >= 4 is 6.09 Å². The van der Waals surface area contributed by atoms with Crippen LogP contribution in [0.25, 0.3) is 0 Å². The maximum absolute atomic E-state index is 12.6. The van der Waals surface area contributed by atoms with Gasteiger partial charge in [-0.15, -0.1) is 0 Å². The number of hydrogen-bond acceptors (Lipinski definition) is 2. The standard InChI is InChI=1S/C18H25NO2/c1-14-10-8-9-13-16(15-11-6-5-7-12-15)19(14)17(20)21-18(2,3)4/h5-9,11-12,14,16H,10,13H2,1-4H3. The van der Waals surface area contributed by atoms with Crippen LogP contribution >= 0.6 is 0 Å². The number of rotatable bonds is 1. The summed E-state index contributed by atoms with van der Waals surface area (Å²) in [5.41, 5.74) is 0.680. The van der Waals surface area contributed by atoms with Crippen molar-refractivity contribution in [2.24, 2.45) is 0 Å². The van der Waals surface area contributed by atoms with Crippen molar-refractivity contribution in [1.29, 1.82) is 0 Å². The van der Waals surface area contributed by atoms with Crippen LogP contribution in [0, 0.1) is 0 Å². The Morgan fingerprint density at radius 3 is 2.38 bits per heavy atom. The van der Waals surface area contributed by atoms with Crippen molar-refractivity contribution in [3.63, 3.8) is 0 Å². The van der Waals surface area contributed by atoms with Gasteiger partial charge in [-0.2, -0.15) is 0 Å². The molecule has 21 heavy (non-hydrogen) atoms. The smallest absolute Gasteiger partial charge is 0.411 e. The highest BCUT2D eigenvalue weighted by atomic mass is 16.6. The van der Waals surface area contributed by atoms with Crippen LogP contribution < -0.4 is 0 Å². The highest BCUT2D eigenvalue weighted by molar-refractivity contribution is 5.69. The molecule has 1 aromatic rings. The zero-order valence-corrected chi connectivity index (χ0v) is 13.4. The normalized spacial score (nSPS) is 22.8. The summed E-state index contributed by atoms with van der Waals surface area (Å²) >= 11 is 0. The molecule has 0 N–H and O–H groups in total. The molecule has 0 fully saturated rings. The van der Waals surface area contributed by atoms with E-state index in [1.54, 1.807) is 0 Å². The molecule has 114 valence electrons. The molecule has 1 aliphatic heterocycles. The summed E-state index contributed by atoms with van der Waals surface area (Å²) in [6, 6.07) is 10.3. The van der Waals surface area contributed by atoms with E-state index >= 15 is 0 Å². The van der Waals surface area contributed by atoms with E-state index in [0.717, 1.165) is 18.4 Å². The van der Waals surface area contributed by atoms with Crippen LogP contribution in [0.1, 0.15) is 52.1 Å². The lowest BCUT2D eigenvalue weighted by atomic mass is 10.0. The van der Waals surface area contributed by atoms with E-state index in [0.29, 0.717) is 0 Å². The van der Waals surface area contributed by atoms with Crippen LogP contribution in [-0.4, -0.2) is 22.6 Å². The highest BCUT2D eigenvalue weighted by Gasteiger charge is 2.33. The fourth-order valence-corrected chi connectivity index (χ4v) is 2.65. The molecule has 2 atom stereocenters. The first-order valence-corrected chi connectivity index (χ1v) is 7.60. The minimum absolute atomic E-state index is 0.0369. The largest absolute Gasteiger partial charge is 0.444 e. The van der Waals surface area contributed by atoms with E-state index in [9.17, 15) is 4.79 Å². The molecule has 3 heteroatoms. The van der Waals surface area contributed by atoms with Gasteiger partial charge in [0.25, 0.3) is 0 Å². The molecule has 2 unspecified atom stereocenters. The Kier molecular flexibility index (Phi) is 4.71. The lowest BCUT2D eigenvalue weighted by Crippen LogP contribution is -2.43. The van der Waals surface area contributed by atoms with E-state index in [2.05, 4.69) is 31.2 Å². The summed E-state index contributed by atoms with van der Waals surface area (Å²) in [7, 11) is 0. The fraction of sp³-hybridized carbons (Fsp3) is 0.500. The van der Waals surface area contributed by atoms with Crippen LogP contribution in [0.3, 0.4) is 0 Å². The number of carbonyl (C=O) groups is 1. The van der Waals surface area contributed by atoms with Crippen molar-refractivity contribution in [1.82, 2.24) is 4.90 Å². The molecule has 0 bridgehead atoms. The molecule has 0 radical (unpaired) electrons. The van der Waals surface area contributed by atoms with Crippen molar-refractivity contribution in [3.8, 4) is 0 Å². The number of amides is 1. The Labute approximate surface area is 127 Å². The van der Waals surface area contributed by atoms with Crippen molar-refractivity contribution in [2.45, 2.75) is 58.2 Å². The fourth-order valence-electron chi connectivity index (χ4n) is 2.65. The predicted molar refractivity (Wildman–Crippen MR) is 85.1 cm³/mol. The molecular formula is C18H25NO2. The first kappa shape index (κ1) is 15.6. The molecule has 0 spiro atoms. The topological polar surface area (TPSA) is 29.5 Å². The Balaban J connectivity index is 2.30. The van der Waals surface area contributed by atoms with Gasteiger partial charge >= 0.3 is 6.09 Å². The first-order chi connectivity index (χ1) is 9.88. The van der Waals surface area contributed by atoms with Gasteiger partial charge in [0.1, 0.15) is 5.60 Å². The lowest BCUT2D eigenvalue weighted by molar-refractivity contribution is 0.00752. The molecule has 1 aromatic carbocycles. The molecule has 1 amide bonds. The minimum atomic E-state index is -0.474. The third kappa shape index (κ3) is 4.10. The molecule has 2 rings (SSSR count). The van der Waals surface area contributed by atoms with Crippen LogP contribution in [0.15, 0.2) is 42.5 Å². The predicted octanol–water partition coefficient (Wildman–Crippen LogP) is 4.70. The van der Waals surface area contributed by atoms with Gasteiger partial charge in [-0.05, 0) is 46.1 Å². The van der Waals surface area contributed by atoms with E-state index in [1.807, 2.05) is 43.9 Å². The average Bonchev–Trinajstić information content (AvgIpc) is 2.59. The van der Waals surface area contributed by atoms with Gasteiger partial charge in [-0.25, -0.2) is 4.79 Å². The van der Waals surface area contributed by atoms with Crippen LogP contribution in [-0.2, 0) is 4.74 Å². The zero-order chi connectivity index (χ0) is 15.5. The van der Waals surface area contributed by atoms with E-state index in [1.165, 1.54) is 0 Å². The Morgan fingerprint density at radius 1 is 1.14 bits per heavy atom. The van der Waals surface area contributed by atoms with Crippen molar-refractivity contribution < 1.29 is 9.53 Å². The molecular weight excluding hydrogens is 262 g/mol. The van der Waals surface area contributed by atoms with Gasteiger partial charge in [0.05, 0.1) is 6.04 Å². The molecule has 0 aromatic heterocycles. The maximum atomic E-state index is 12.6. The quantitative estimate of drug-likeness (QED) is 0.700. The van der Waals surface area contributed by atoms with Crippen LogP contribution in [0.2, 0.25) is 0 Å². The second kappa shape index (κ2) is 6.33. The number of benzene rings is 1. The zero-order valence-electron chi connectivity index (χ0n) is 13.4. The summed E-state index contributed by atoms with van der Waals surface area (Å²) in [6.07, 6.45) is 5.78. The Bertz CT molecular complexity index is 502. The van der Waals surface area contributed by atoms with Gasteiger partial charge in [0.15, 0.2) is 0 Å². The number of hydrogen-bond donors (Lipinski definition) is 0. The third-order valence-electron chi connectivity index (χ3n) is 3.60. The van der Waals surface area contributed by atoms with E-state index in [4.69, 9.17) is 4.74 Å². The van der Waals surface area contributed by atoms with Crippen molar-refractivity contribution in [2.75, 3.05) is 0 Å². The monoisotopic (exact) mass is 287 g/mol. The van der Waals surface area contributed by atoms with E-state index < -0.39 is 5.60 Å². The second-order valence-electron chi connectivity index (χ2n) is 6.61. The molecule has 1 heterocycles. The van der Waals surface area contributed by atoms with Gasteiger partial charge in [0.2, 0.25) is 0 Å². The first-order valence-electron chi connectivity index (χ1n) is 7.60. The van der Waals surface area contributed by atoms with Crippen LogP contribution in [0.5, 0.6) is 0 Å². The molecule has 3 nitrogen and oxygen atoms in total. The van der Waals surface area contributed by atoms with Gasteiger partial charge in [-0.3, -0.25) is 4.90 Å². The summed E-state index contributed by atoms with van der Waals surface area (Å²) in [6.45, 7) is 7.80. The molecule has 0 saturated heterocycles. The SMILES string of the molecule is CC1CC=CCC(c2ccccc2)N1C(=O)OC(C)(C)C. The Hall–Kier alpha value is -1.77. The number of nitrogens with zero attached hydrogens (tertiary/aromatic N) is 1. The second-order valence-corrected chi connectivity index (χ2v) is 6.61. The molecule has 1 aliphatic rings. The highest BCUT2D eigenvalue weighted by Crippen LogP contribution is 2.31. The Morgan fingerprint density at radius 2 is 1.76 bits per heavy atom. The van der Waals surface area contributed by atoms with Gasteiger partial charge in [-0.1, -0.05) is 42.5 Å². The van der Waals surface area contributed by atoms with Gasteiger partial charge < -0.3 is 4.74 Å². The molecule has 0 aliphatic carbocycles. The minimum Gasteiger partial charge on any atom is -0.444 e. The van der Waals surface area contributed by atoms with Gasteiger partial charge in [0, 0.05) is 6.04 Å². The van der Waals surface area contributed by atoms with Crippen LogP contribution in [0.4, 0.5) is 4.79 Å². The lowest BCUT2D eigenvalue weighted by Gasteiger charge is -2.36. The summed E-state index contributed by atoms with van der Waals surface area (Å²) in [5, 5.41) is 0. The summed E-state index contributed by atoms with van der Waals surface area (Å²) in [5.74, 6) is 0. The maximum Gasteiger partial charge on any atom is 0.411 e. The number of ether oxygens (including phenoxy) is 1. The molecule has 0 saturated carbocycles. The van der Waals surface area contributed by atoms with Crippen molar-refractivity contribution in [3.05, 3.63) is 48.0 Å². The summed E-state index contributed by atoms with van der Waals surface area (Å²) in [4.78, 5) is 14.5.